The fraction of sp³-hybridized carbons (Fsp3) is 0.167. The van der Waals surface area contributed by atoms with Crippen molar-refractivity contribution in [2.45, 2.75) is 12.8 Å². The van der Waals surface area contributed by atoms with E-state index < -0.39 is 0 Å². The van der Waals surface area contributed by atoms with E-state index in [1.165, 1.54) is 5.56 Å². The van der Waals surface area contributed by atoms with Gasteiger partial charge in [-0.05, 0) is 48.7 Å². The second kappa shape index (κ2) is 9.60. The van der Waals surface area contributed by atoms with E-state index in [4.69, 9.17) is 19.6 Å². The zero-order chi connectivity index (χ0) is 20.6. The predicted molar refractivity (Wildman–Crippen MR) is 115 cm³/mol. The van der Waals surface area contributed by atoms with E-state index in [2.05, 4.69) is 22.1 Å². The Bertz CT molecular complexity index is 1070. The number of nitrogens with two attached hydrogens (primary N) is 1. The van der Waals surface area contributed by atoms with Crippen molar-refractivity contribution >= 4 is 5.95 Å². The van der Waals surface area contributed by atoms with Crippen LogP contribution in [-0.4, -0.2) is 23.2 Å². The monoisotopic (exact) mass is 401 g/mol. The molecule has 0 atom stereocenters. The lowest BCUT2D eigenvalue weighted by Crippen LogP contribution is -2.11. The molecule has 2 N–H and O–H groups in total. The van der Waals surface area contributed by atoms with Crippen molar-refractivity contribution in [2.24, 2.45) is 0 Å². The Hall–Kier alpha value is -3.80. The normalized spacial score (nSPS) is 10.7. The number of para-hydroxylation sites is 1. The van der Waals surface area contributed by atoms with E-state index in [1.807, 2.05) is 60.7 Å². The van der Waals surface area contributed by atoms with Crippen molar-refractivity contribution in [3.05, 3.63) is 90.3 Å². The van der Waals surface area contributed by atoms with E-state index in [0.717, 1.165) is 35.6 Å². The number of aryl methyl sites for hydroxylation is 2. The van der Waals surface area contributed by atoms with Crippen molar-refractivity contribution in [1.29, 1.82) is 0 Å². The van der Waals surface area contributed by atoms with Crippen LogP contribution >= 0.6 is 0 Å². The lowest BCUT2D eigenvalue weighted by Gasteiger charge is -2.09. The summed E-state index contributed by atoms with van der Waals surface area (Å²) in [5.74, 6) is 2.33. The Kier molecular flexibility index (Phi) is 6.25. The average Bonchev–Trinajstić information content (AvgIpc) is 3.31. The Morgan fingerprint density at radius 3 is 2.50 bits per heavy atom. The molecule has 0 spiro atoms. The van der Waals surface area contributed by atoms with Gasteiger partial charge in [-0.1, -0.05) is 36.4 Å². The first kappa shape index (κ1) is 19.5. The molecule has 0 unspecified atom stereocenters. The van der Waals surface area contributed by atoms with Crippen LogP contribution in [0.4, 0.5) is 5.95 Å². The molecular formula is C24H23N3O3. The lowest BCUT2D eigenvalue weighted by molar-refractivity contribution is 0.212. The van der Waals surface area contributed by atoms with Crippen LogP contribution in [0.1, 0.15) is 11.3 Å². The highest BCUT2D eigenvalue weighted by Crippen LogP contribution is 2.22. The van der Waals surface area contributed by atoms with Gasteiger partial charge in [-0.2, -0.15) is 4.98 Å². The van der Waals surface area contributed by atoms with Crippen LogP contribution in [0.5, 0.6) is 11.6 Å². The molecular weight excluding hydrogens is 378 g/mol. The lowest BCUT2D eigenvalue weighted by atomic mass is 10.0. The van der Waals surface area contributed by atoms with Gasteiger partial charge < -0.3 is 19.6 Å². The summed E-state index contributed by atoms with van der Waals surface area (Å²) >= 11 is 0. The molecule has 30 heavy (non-hydrogen) atoms. The average molecular weight is 401 g/mol. The molecule has 0 aliphatic heterocycles. The SMILES string of the molecule is Nc1nc(CCc2cccc(-c3ccco3)c2)cc(OCCOc2ccccc2)n1. The molecule has 6 heteroatoms. The molecule has 6 nitrogen and oxygen atoms in total. The number of nitrogens with zero attached hydrogens (tertiary/aromatic N) is 2. The minimum atomic E-state index is 0.204. The maximum absolute atomic E-state index is 5.87. The number of rotatable bonds is 9. The first-order valence-electron chi connectivity index (χ1n) is 9.83. The van der Waals surface area contributed by atoms with Crippen LogP contribution in [0.15, 0.2) is 83.5 Å². The molecule has 4 rings (SSSR count). The van der Waals surface area contributed by atoms with E-state index in [1.54, 1.807) is 6.26 Å². The quantitative estimate of drug-likeness (QED) is 0.414. The Balaban J connectivity index is 1.32. The highest BCUT2D eigenvalue weighted by Gasteiger charge is 2.06. The van der Waals surface area contributed by atoms with Crippen molar-refractivity contribution in [3.8, 4) is 23.0 Å². The highest BCUT2D eigenvalue weighted by atomic mass is 16.5. The molecule has 0 amide bonds. The molecule has 2 aromatic heterocycles. The van der Waals surface area contributed by atoms with Gasteiger partial charge in [-0.15, -0.1) is 0 Å². The van der Waals surface area contributed by atoms with Gasteiger partial charge in [0, 0.05) is 11.6 Å². The fourth-order valence-corrected chi connectivity index (χ4v) is 3.11. The molecule has 4 aromatic rings. The van der Waals surface area contributed by atoms with Gasteiger partial charge in [0.05, 0.1) is 12.0 Å². The minimum Gasteiger partial charge on any atom is -0.490 e. The van der Waals surface area contributed by atoms with Crippen LogP contribution < -0.4 is 15.2 Å². The Labute approximate surface area is 175 Å². The van der Waals surface area contributed by atoms with Gasteiger partial charge in [0.2, 0.25) is 11.8 Å². The number of nitrogen functional groups attached to an aromatic ring is 1. The molecule has 0 saturated heterocycles. The summed E-state index contributed by atoms with van der Waals surface area (Å²) in [4.78, 5) is 8.49. The highest BCUT2D eigenvalue weighted by molar-refractivity contribution is 5.58. The smallest absolute Gasteiger partial charge is 0.223 e. The van der Waals surface area contributed by atoms with Crippen LogP contribution in [0.3, 0.4) is 0 Å². The number of hydrogen-bond donors (Lipinski definition) is 1. The Morgan fingerprint density at radius 1 is 0.800 bits per heavy atom. The molecule has 0 bridgehead atoms. The van der Waals surface area contributed by atoms with Crippen molar-refractivity contribution in [1.82, 2.24) is 9.97 Å². The molecule has 0 fully saturated rings. The molecule has 0 radical (unpaired) electrons. The maximum Gasteiger partial charge on any atom is 0.223 e. The summed E-state index contributed by atoms with van der Waals surface area (Å²) in [6, 6.07) is 23.6. The number of ether oxygens (including phenoxy) is 2. The summed E-state index contributed by atoms with van der Waals surface area (Å²) in [6.45, 7) is 0.790. The van der Waals surface area contributed by atoms with E-state index in [-0.39, 0.29) is 5.95 Å². The molecule has 0 saturated carbocycles. The summed E-state index contributed by atoms with van der Waals surface area (Å²) in [5.41, 5.74) is 8.96. The first-order chi connectivity index (χ1) is 14.8. The second-order valence-electron chi connectivity index (χ2n) is 6.74. The van der Waals surface area contributed by atoms with Crippen molar-refractivity contribution in [3.63, 3.8) is 0 Å². The van der Waals surface area contributed by atoms with Crippen LogP contribution in [0.25, 0.3) is 11.3 Å². The van der Waals surface area contributed by atoms with Gasteiger partial charge in [0.25, 0.3) is 0 Å². The molecule has 0 aliphatic rings. The van der Waals surface area contributed by atoms with Crippen molar-refractivity contribution in [2.75, 3.05) is 18.9 Å². The number of benzene rings is 2. The number of aromatic nitrogens is 2. The molecule has 2 heterocycles. The number of furan rings is 1. The predicted octanol–water partition coefficient (Wildman–Crippen LogP) is 4.56. The summed E-state index contributed by atoms with van der Waals surface area (Å²) in [5, 5.41) is 0. The van der Waals surface area contributed by atoms with Crippen molar-refractivity contribution < 1.29 is 13.9 Å². The largest absolute Gasteiger partial charge is 0.490 e. The summed E-state index contributed by atoms with van der Waals surface area (Å²) < 4.78 is 16.8. The fourth-order valence-electron chi connectivity index (χ4n) is 3.11. The second-order valence-corrected chi connectivity index (χ2v) is 6.74. The number of anilines is 1. The third kappa shape index (κ3) is 5.38. The summed E-state index contributed by atoms with van der Waals surface area (Å²) in [6.07, 6.45) is 3.23. The first-order valence-corrected chi connectivity index (χ1v) is 9.83. The van der Waals surface area contributed by atoms with Gasteiger partial charge in [-0.3, -0.25) is 0 Å². The zero-order valence-electron chi connectivity index (χ0n) is 16.5. The topological polar surface area (TPSA) is 83.4 Å². The van der Waals surface area contributed by atoms with Crippen LogP contribution in [0.2, 0.25) is 0 Å². The van der Waals surface area contributed by atoms with Gasteiger partial charge in [-0.25, -0.2) is 4.98 Å². The molecule has 0 aliphatic carbocycles. The third-order valence-electron chi connectivity index (χ3n) is 4.52. The summed E-state index contributed by atoms with van der Waals surface area (Å²) in [7, 11) is 0. The minimum absolute atomic E-state index is 0.204. The third-order valence-corrected chi connectivity index (χ3v) is 4.52. The Morgan fingerprint density at radius 2 is 1.67 bits per heavy atom. The standard InChI is InChI=1S/C24H23N3O3/c25-24-26-20(12-11-18-6-4-7-19(16-18)22-10-5-13-29-22)17-23(27-24)30-15-14-28-21-8-2-1-3-9-21/h1-10,13,16-17H,11-12,14-15H2,(H2,25,26,27). The molecule has 152 valence electrons. The van der Waals surface area contributed by atoms with E-state index >= 15 is 0 Å². The zero-order valence-corrected chi connectivity index (χ0v) is 16.5. The van der Waals surface area contributed by atoms with Gasteiger partial charge in [0.15, 0.2) is 0 Å². The number of hydrogen-bond acceptors (Lipinski definition) is 6. The van der Waals surface area contributed by atoms with Gasteiger partial charge in [0.1, 0.15) is 24.7 Å². The van der Waals surface area contributed by atoms with Crippen LogP contribution in [-0.2, 0) is 12.8 Å². The maximum atomic E-state index is 5.87. The molecule has 2 aromatic carbocycles. The van der Waals surface area contributed by atoms with E-state index in [9.17, 15) is 0 Å². The van der Waals surface area contributed by atoms with E-state index in [0.29, 0.717) is 19.1 Å². The van der Waals surface area contributed by atoms with Gasteiger partial charge >= 0.3 is 0 Å². The van der Waals surface area contributed by atoms with Crippen LogP contribution in [0, 0.1) is 0 Å².